The number of halogens is 3. The Kier molecular flexibility index (Phi) is 4.68. The standard InChI is InChI=1S/C14H14F3N7O3/c1-22-20-10(11(21-22)14(15,16)17)12(25)24-6-4-23(5-7-24)9-3-2-8(13(26)27)18-19-9/h2-3H,4-7H2,1H3,(H,26,27). The summed E-state index contributed by atoms with van der Waals surface area (Å²) >= 11 is 0. The summed E-state index contributed by atoms with van der Waals surface area (Å²) in [4.78, 5) is 27.0. The minimum atomic E-state index is -4.78. The Hall–Kier alpha value is -3.25. The monoisotopic (exact) mass is 385 g/mol. The molecule has 1 aliphatic rings. The third-order valence-corrected chi connectivity index (χ3v) is 3.95. The first-order valence-corrected chi connectivity index (χ1v) is 7.76. The molecule has 3 rings (SSSR count). The fourth-order valence-electron chi connectivity index (χ4n) is 2.64. The molecule has 27 heavy (non-hydrogen) atoms. The lowest BCUT2D eigenvalue weighted by atomic mass is 10.2. The summed E-state index contributed by atoms with van der Waals surface area (Å²) in [6, 6.07) is 2.79. The van der Waals surface area contributed by atoms with E-state index in [0.29, 0.717) is 23.7 Å². The van der Waals surface area contributed by atoms with Crippen molar-refractivity contribution in [2.45, 2.75) is 6.18 Å². The van der Waals surface area contributed by atoms with Crippen LogP contribution in [0.2, 0.25) is 0 Å². The van der Waals surface area contributed by atoms with Gasteiger partial charge in [0.15, 0.2) is 22.9 Å². The van der Waals surface area contributed by atoms with Gasteiger partial charge >= 0.3 is 12.1 Å². The van der Waals surface area contributed by atoms with Crippen LogP contribution in [-0.2, 0) is 13.2 Å². The van der Waals surface area contributed by atoms with E-state index in [9.17, 15) is 22.8 Å². The van der Waals surface area contributed by atoms with Crippen LogP contribution in [0.3, 0.4) is 0 Å². The Morgan fingerprint density at radius 2 is 1.74 bits per heavy atom. The Morgan fingerprint density at radius 3 is 2.26 bits per heavy atom. The number of aromatic carboxylic acids is 1. The molecule has 1 aliphatic heterocycles. The smallest absolute Gasteiger partial charge is 0.437 e. The zero-order chi connectivity index (χ0) is 19.8. The second-order valence-corrected chi connectivity index (χ2v) is 5.75. The van der Waals surface area contributed by atoms with Crippen LogP contribution < -0.4 is 4.90 Å². The average Bonchev–Trinajstić information content (AvgIpc) is 3.03. The third kappa shape index (κ3) is 3.80. The number of alkyl halides is 3. The zero-order valence-electron chi connectivity index (χ0n) is 14.0. The molecule has 0 bridgehead atoms. The predicted octanol–water partition coefficient (Wildman–Crippen LogP) is 0.284. The quantitative estimate of drug-likeness (QED) is 0.801. The minimum Gasteiger partial charge on any atom is -0.476 e. The van der Waals surface area contributed by atoms with Crippen molar-refractivity contribution in [2.75, 3.05) is 31.1 Å². The van der Waals surface area contributed by atoms with Crippen LogP contribution in [0.4, 0.5) is 19.0 Å². The highest BCUT2D eigenvalue weighted by molar-refractivity contribution is 5.93. The van der Waals surface area contributed by atoms with E-state index in [0.717, 1.165) is 0 Å². The molecule has 0 unspecified atom stereocenters. The van der Waals surface area contributed by atoms with Gasteiger partial charge in [0.05, 0.1) is 0 Å². The Bertz CT molecular complexity index is 858. The number of carboxylic acids is 1. The Labute approximate surface area is 150 Å². The first-order chi connectivity index (χ1) is 12.7. The van der Waals surface area contributed by atoms with Gasteiger partial charge in [0.1, 0.15) is 0 Å². The molecule has 3 heterocycles. The number of aryl methyl sites for hydroxylation is 1. The van der Waals surface area contributed by atoms with Crippen molar-refractivity contribution in [3.8, 4) is 0 Å². The second kappa shape index (κ2) is 6.81. The maximum Gasteiger partial charge on any atom is 0.437 e. The first kappa shape index (κ1) is 18.5. The van der Waals surface area contributed by atoms with Crippen LogP contribution in [-0.4, -0.2) is 73.3 Å². The number of carbonyl (C=O) groups excluding carboxylic acids is 1. The number of nitrogens with zero attached hydrogens (tertiary/aromatic N) is 7. The van der Waals surface area contributed by atoms with Crippen molar-refractivity contribution >= 4 is 17.7 Å². The van der Waals surface area contributed by atoms with Gasteiger partial charge in [-0.3, -0.25) is 4.79 Å². The van der Waals surface area contributed by atoms with Gasteiger partial charge in [-0.25, -0.2) is 4.79 Å². The van der Waals surface area contributed by atoms with Gasteiger partial charge in [-0.1, -0.05) is 0 Å². The van der Waals surface area contributed by atoms with Crippen molar-refractivity contribution < 1.29 is 27.9 Å². The number of amides is 1. The number of piperazine rings is 1. The minimum absolute atomic E-state index is 0.148. The van der Waals surface area contributed by atoms with E-state index in [4.69, 9.17) is 5.11 Å². The summed E-state index contributed by atoms with van der Waals surface area (Å²) in [5.74, 6) is -1.63. The van der Waals surface area contributed by atoms with Crippen LogP contribution in [0, 0.1) is 0 Å². The summed E-state index contributed by atoms with van der Waals surface area (Å²) in [7, 11) is 1.21. The maximum atomic E-state index is 13.0. The Morgan fingerprint density at radius 1 is 1.07 bits per heavy atom. The summed E-state index contributed by atoms with van der Waals surface area (Å²) in [6.07, 6.45) is -4.78. The molecule has 1 saturated heterocycles. The molecular weight excluding hydrogens is 371 g/mol. The Balaban J connectivity index is 1.69. The third-order valence-electron chi connectivity index (χ3n) is 3.95. The number of hydrogen-bond donors (Lipinski definition) is 1. The zero-order valence-corrected chi connectivity index (χ0v) is 14.0. The van der Waals surface area contributed by atoms with Gasteiger partial charge in [-0.2, -0.15) is 18.0 Å². The molecule has 2 aromatic heterocycles. The van der Waals surface area contributed by atoms with Gasteiger partial charge in [0, 0.05) is 33.2 Å². The van der Waals surface area contributed by atoms with E-state index in [1.165, 1.54) is 24.1 Å². The molecule has 0 spiro atoms. The maximum absolute atomic E-state index is 13.0. The summed E-state index contributed by atoms with van der Waals surface area (Å²) in [6.45, 7) is 0.896. The molecule has 144 valence electrons. The van der Waals surface area contributed by atoms with Crippen LogP contribution in [0.15, 0.2) is 12.1 Å². The number of rotatable bonds is 3. The highest BCUT2D eigenvalue weighted by Crippen LogP contribution is 2.30. The number of carboxylic acid groups (broad SMARTS) is 1. The number of carbonyl (C=O) groups is 2. The summed E-state index contributed by atoms with van der Waals surface area (Å²) < 4.78 is 39.0. The molecule has 10 nitrogen and oxygen atoms in total. The molecule has 1 fully saturated rings. The summed E-state index contributed by atoms with van der Waals surface area (Å²) in [5.41, 5.74) is -2.24. The lowest BCUT2D eigenvalue weighted by Gasteiger charge is -2.34. The van der Waals surface area contributed by atoms with Crippen LogP contribution >= 0.6 is 0 Å². The predicted molar refractivity (Wildman–Crippen MR) is 83.1 cm³/mol. The van der Waals surface area contributed by atoms with Gasteiger partial charge in [-0.15, -0.1) is 20.4 Å². The molecule has 2 aromatic rings. The highest BCUT2D eigenvalue weighted by Gasteiger charge is 2.41. The lowest BCUT2D eigenvalue weighted by molar-refractivity contribution is -0.141. The molecule has 0 radical (unpaired) electrons. The van der Waals surface area contributed by atoms with Crippen molar-refractivity contribution in [3.05, 3.63) is 29.2 Å². The van der Waals surface area contributed by atoms with Crippen LogP contribution in [0.5, 0.6) is 0 Å². The van der Waals surface area contributed by atoms with Crippen molar-refractivity contribution in [3.63, 3.8) is 0 Å². The SMILES string of the molecule is Cn1nc(C(=O)N2CCN(c3ccc(C(=O)O)nn3)CC2)c(C(F)(F)F)n1. The molecule has 1 amide bonds. The normalized spacial score (nSPS) is 15.1. The van der Waals surface area contributed by atoms with Crippen LogP contribution in [0.1, 0.15) is 26.7 Å². The van der Waals surface area contributed by atoms with Gasteiger partial charge < -0.3 is 14.9 Å². The van der Waals surface area contributed by atoms with Crippen molar-refractivity contribution in [1.82, 2.24) is 30.1 Å². The summed E-state index contributed by atoms with van der Waals surface area (Å²) in [5, 5.41) is 23.0. The molecule has 0 saturated carbocycles. The van der Waals surface area contributed by atoms with E-state index in [1.54, 1.807) is 4.90 Å². The fourth-order valence-corrected chi connectivity index (χ4v) is 2.64. The number of aromatic nitrogens is 5. The molecule has 0 aliphatic carbocycles. The average molecular weight is 385 g/mol. The van der Waals surface area contributed by atoms with Crippen LogP contribution in [0.25, 0.3) is 0 Å². The van der Waals surface area contributed by atoms with E-state index in [-0.39, 0.29) is 18.8 Å². The number of anilines is 1. The first-order valence-electron chi connectivity index (χ1n) is 7.76. The molecule has 13 heteroatoms. The molecule has 0 atom stereocenters. The molecule has 1 N–H and O–H groups in total. The molecular formula is C14H14F3N7O3. The highest BCUT2D eigenvalue weighted by atomic mass is 19.4. The van der Waals surface area contributed by atoms with Gasteiger partial charge in [0.25, 0.3) is 5.91 Å². The van der Waals surface area contributed by atoms with Crippen molar-refractivity contribution in [2.24, 2.45) is 7.05 Å². The largest absolute Gasteiger partial charge is 0.476 e. The fraction of sp³-hybridized carbons (Fsp3) is 0.429. The van der Waals surface area contributed by atoms with Gasteiger partial charge in [-0.05, 0) is 12.1 Å². The van der Waals surface area contributed by atoms with E-state index < -0.39 is 29.4 Å². The van der Waals surface area contributed by atoms with Gasteiger partial charge in [0.2, 0.25) is 0 Å². The topological polar surface area (TPSA) is 117 Å². The van der Waals surface area contributed by atoms with E-state index in [2.05, 4.69) is 20.4 Å². The lowest BCUT2D eigenvalue weighted by Crippen LogP contribution is -2.49. The number of hydrogen-bond acceptors (Lipinski definition) is 7. The van der Waals surface area contributed by atoms with E-state index >= 15 is 0 Å². The van der Waals surface area contributed by atoms with E-state index in [1.807, 2.05) is 0 Å². The molecule has 0 aromatic carbocycles. The van der Waals surface area contributed by atoms with Crippen molar-refractivity contribution in [1.29, 1.82) is 0 Å². The second-order valence-electron chi connectivity index (χ2n) is 5.75.